The fourth-order valence-electron chi connectivity index (χ4n) is 3.68. The molecule has 2 aromatic rings. The number of nitrogens with one attached hydrogen (secondary N) is 1. The monoisotopic (exact) mass is 463 g/mol. The summed E-state index contributed by atoms with van der Waals surface area (Å²) < 4.78 is 11.3. The lowest BCUT2D eigenvalue weighted by molar-refractivity contribution is -0.142. The van der Waals surface area contributed by atoms with Crippen molar-refractivity contribution in [1.82, 2.24) is 4.90 Å². The minimum absolute atomic E-state index is 0.0574. The van der Waals surface area contributed by atoms with Crippen LogP contribution in [0.1, 0.15) is 6.42 Å². The van der Waals surface area contributed by atoms with E-state index >= 15 is 0 Å². The molecule has 0 radical (unpaired) electrons. The maximum atomic E-state index is 13.0. The van der Waals surface area contributed by atoms with Crippen molar-refractivity contribution in [3.63, 3.8) is 0 Å². The topological polar surface area (TPSA) is 71.1 Å². The summed E-state index contributed by atoms with van der Waals surface area (Å²) in [6.07, 6.45) is -0.409. The Balaban J connectivity index is 1.43. The maximum absolute atomic E-state index is 13.0. The van der Waals surface area contributed by atoms with E-state index < -0.39 is 6.10 Å². The quantitative estimate of drug-likeness (QED) is 0.734. The van der Waals surface area contributed by atoms with Crippen LogP contribution in [0.4, 0.5) is 11.4 Å². The number of hydrogen-bond donors (Lipinski definition) is 1. The fourth-order valence-corrected chi connectivity index (χ4v) is 4.01. The Morgan fingerprint density at radius 3 is 2.68 bits per heavy atom. The number of halogens is 2. The lowest BCUT2D eigenvalue weighted by Gasteiger charge is -2.38. The van der Waals surface area contributed by atoms with Gasteiger partial charge in [0.1, 0.15) is 5.75 Å². The highest BCUT2D eigenvalue weighted by atomic mass is 35.5. The molecule has 1 saturated heterocycles. The van der Waals surface area contributed by atoms with Crippen LogP contribution in [0.3, 0.4) is 0 Å². The normalized spacial score (nSPS) is 18.2. The van der Waals surface area contributed by atoms with Gasteiger partial charge in [-0.3, -0.25) is 9.59 Å². The first-order chi connectivity index (χ1) is 15.0. The Bertz CT molecular complexity index is 966. The summed E-state index contributed by atoms with van der Waals surface area (Å²) >= 11 is 12.1. The van der Waals surface area contributed by atoms with Crippen molar-refractivity contribution in [3.8, 4) is 5.75 Å². The highest BCUT2D eigenvalue weighted by Gasteiger charge is 2.34. The zero-order valence-electron chi connectivity index (χ0n) is 16.9. The summed E-state index contributed by atoms with van der Waals surface area (Å²) in [6, 6.07) is 12.5. The molecule has 0 aromatic heterocycles. The number of hydrogen-bond acceptors (Lipinski definition) is 5. The Kier molecular flexibility index (Phi) is 6.85. The standard InChI is InChI=1S/C22H23Cl2N3O4/c23-15-5-6-16(24)17(13-15)25-21(28)7-8-27-14-20(22(29)26-9-11-30-12-10-26)31-19-4-2-1-3-18(19)27/h1-6,13,20H,7-12,14H2,(H,25,28). The van der Waals surface area contributed by atoms with Gasteiger partial charge in [0.25, 0.3) is 5.91 Å². The smallest absolute Gasteiger partial charge is 0.265 e. The number of amides is 2. The van der Waals surface area contributed by atoms with E-state index in [1.54, 1.807) is 23.1 Å². The van der Waals surface area contributed by atoms with Gasteiger partial charge < -0.3 is 24.6 Å². The van der Waals surface area contributed by atoms with Gasteiger partial charge in [0.2, 0.25) is 5.91 Å². The van der Waals surface area contributed by atoms with Gasteiger partial charge in [-0.15, -0.1) is 0 Å². The molecule has 7 nitrogen and oxygen atoms in total. The summed E-state index contributed by atoms with van der Waals surface area (Å²) in [4.78, 5) is 29.3. The van der Waals surface area contributed by atoms with Gasteiger partial charge in [-0.2, -0.15) is 0 Å². The van der Waals surface area contributed by atoms with Gasteiger partial charge in [0.05, 0.1) is 36.2 Å². The van der Waals surface area contributed by atoms with Gasteiger partial charge in [-0.05, 0) is 30.3 Å². The lowest BCUT2D eigenvalue weighted by atomic mass is 10.1. The van der Waals surface area contributed by atoms with E-state index in [0.717, 1.165) is 5.69 Å². The van der Waals surface area contributed by atoms with Crippen molar-refractivity contribution in [2.45, 2.75) is 12.5 Å². The molecule has 2 aliphatic rings. The molecule has 2 aliphatic heterocycles. The molecule has 164 valence electrons. The number of ether oxygens (including phenoxy) is 2. The third-order valence-electron chi connectivity index (χ3n) is 5.27. The van der Waals surface area contributed by atoms with Crippen LogP contribution in [-0.2, 0) is 14.3 Å². The van der Waals surface area contributed by atoms with E-state index in [9.17, 15) is 9.59 Å². The number of morpholine rings is 1. The van der Waals surface area contributed by atoms with Crippen LogP contribution in [-0.4, -0.2) is 62.2 Å². The minimum atomic E-state index is -0.626. The van der Waals surface area contributed by atoms with Crippen LogP contribution in [0.5, 0.6) is 5.75 Å². The molecule has 2 aromatic carbocycles. The average Bonchev–Trinajstić information content (AvgIpc) is 2.79. The number of benzene rings is 2. The molecule has 1 N–H and O–H groups in total. The average molecular weight is 464 g/mol. The largest absolute Gasteiger partial charge is 0.477 e. The number of carbonyl (C=O) groups is 2. The van der Waals surface area contributed by atoms with E-state index in [1.165, 1.54) is 0 Å². The van der Waals surface area contributed by atoms with E-state index in [2.05, 4.69) is 5.32 Å². The summed E-state index contributed by atoms with van der Waals surface area (Å²) in [6.45, 7) is 2.98. The molecular weight excluding hydrogens is 441 g/mol. The molecular formula is C22H23Cl2N3O4. The second-order valence-corrected chi connectivity index (χ2v) is 8.22. The first-order valence-electron chi connectivity index (χ1n) is 10.1. The van der Waals surface area contributed by atoms with Crippen molar-refractivity contribution < 1.29 is 19.1 Å². The van der Waals surface area contributed by atoms with Gasteiger partial charge in [0.15, 0.2) is 6.10 Å². The van der Waals surface area contributed by atoms with Crippen molar-refractivity contribution in [2.24, 2.45) is 0 Å². The molecule has 4 rings (SSSR count). The van der Waals surface area contributed by atoms with E-state index in [4.69, 9.17) is 32.7 Å². The second-order valence-electron chi connectivity index (χ2n) is 7.38. The Labute approximate surface area is 190 Å². The van der Waals surface area contributed by atoms with Crippen LogP contribution in [0, 0.1) is 0 Å². The molecule has 2 amide bonds. The molecule has 0 bridgehead atoms. The molecule has 9 heteroatoms. The third-order valence-corrected chi connectivity index (χ3v) is 5.84. The second kappa shape index (κ2) is 9.77. The Morgan fingerprint density at radius 2 is 1.87 bits per heavy atom. The zero-order chi connectivity index (χ0) is 21.8. The Hall–Kier alpha value is -2.48. The van der Waals surface area contributed by atoms with Crippen LogP contribution in [0.15, 0.2) is 42.5 Å². The zero-order valence-corrected chi connectivity index (χ0v) is 18.4. The van der Waals surface area contributed by atoms with E-state index in [-0.39, 0.29) is 18.2 Å². The predicted molar refractivity (Wildman–Crippen MR) is 120 cm³/mol. The molecule has 0 saturated carbocycles. The van der Waals surface area contributed by atoms with Gasteiger partial charge in [-0.1, -0.05) is 35.3 Å². The van der Waals surface area contributed by atoms with Crippen molar-refractivity contribution in [1.29, 1.82) is 0 Å². The highest BCUT2D eigenvalue weighted by Crippen LogP contribution is 2.34. The number of para-hydroxylation sites is 2. The van der Waals surface area contributed by atoms with Gasteiger partial charge in [0, 0.05) is 31.1 Å². The van der Waals surface area contributed by atoms with Crippen molar-refractivity contribution in [2.75, 3.05) is 49.6 Å². The van der Waals surface area contributed by atoms with E-state index in [1.807, 2.05) is 29.2 Å². The van der Waals surface area contributed by atoms with Crippen molar-refractivity contribution >= 4 is 46.4 Å². The molecule has 2 heterocycles. The molecule has 0 aliphatic carbocycles. The fraction of sp³-hybridized carbons (Fsp3) is 0.364. The Morgan fingerprint density at radius 1 is 1.10 bits per heavy atom. The number of anilines is 2. The number of fused-ring (bicyclic) bond motifs is 1. The molecule has 31 heavy (non-hydrogen) atoms. The van der Waals surface area contributed by atoms with Crippen LogP contribution >= 0.6 is 23.2 Å². The number of nitrogens with zero attached hydrogens (tertiary/aromatic N) is 2. The molecule has 1 fully saturated rings. The third kappa shape index (κ3) is 5.23. The summed E-state index contributed by atoms with van der Waals surface area (Å²) in [5.74, 6) is 0.390. The number of rotatable bonds is 5. The minimum Gasteiger partial charge on any atom is -0.477 e. The summed E-state index contributed by atoms with van der Waals surface area (Å²) in [5, 5.41) is 3.71. The first kappa shape index (κ1) is 21.7. The van der Waals surface area contributed by atoms with Crippen molar-refractivity contribution in [3.05, 3.63) is 52.5 Å². The maximum Gasteiger partial charge on any atom is 0.265 e. The van der Waals surface area contributed by atoms with Gasteiger partial charge in [-0.25, -0.2) is 0 Å². The lowest BCUT2D eigenvalue weighted by Crippen LogP contribution is -2.53. The van der Waals surface area contributed by atoms with E-state index in [0.29, 0.717) is 60.9 Å². The SMILES string of the molecule is O=C(CCN1CC(C(=O)N2CCOCC2)Oc2ccccc21)Nc1cc(Cl)ccc1Cl. The molecule has 1 atom stereocenters. The van der Waals surface area contributed by atoms with Gasteiger partial charge >= 0.3 is 0 Å². The highest BCUT2D eigenvalue weighted by molar-refractivity contribution is 6.35. The van der Waals surface area contributed by atoms with Crippen LogP contribution < -0.4 is 15.0 Å². The molecule has 1 unspecified atom stereocenters. The predicted octanol–water partition coefficient (Wildman–Crippen LogP) is 3.45. The molecule has 0 spiro atoms. The van der Waals surface area contributed by atoms with Crippen LogP contribution in [0.2, 0.25) is 10.0 Å². The first-order valence-corrected chi connectivity index (χ1v) is 10.9. The summed E-state index contributed by atoms with van der Waals surface area (Å²) in [7, 11) is 0. The summed E-state index contributed by atoms with van der Waals surface area (Å²) in [5.41, 5.74) is 1.34. The number of carbonyl (C=O) groups excluding carboxylic acids is 2. The van der Waals surface area contributed by atoms with Crippen LogP contribution in [0.25, 0.3) is 0 Å².